The number of amides is 1. The lowest BCUT2D eigenvalue weighted by atomic mass is 9.99. The fourth-order valence-corrected chi connectivity index (χ4v) is 7.97. The summed E-state index contributed by atoms with van der Waals surface area (Å²) < 4.78 is 60.2. The maximum Gasteiger partial charge on any atom is 0.246 e. The summed E-state index contributed by atoms with van der Waals surface area (Å²) in [5, 5.41) is 2.88. The van der Waals surface area contributed by atoms with Crippen LogP contribution in [0.2, 0.25) is 0 Å². The highest BCUT2D eigenvalue weighted by Crippen LogP contribution is 2.30. The molecular weight excluding hydrogens is 502 g/mol. The predicted octanol–water partition coefficient (Wildman–Crippen LogP) is 2.51. The van der Waals surface area contributed by atoms with E-state index in [1.807, 2.05) is 6.92 Å². The first-order valence-electron chi connectivity index (χ1n) is 12.1. The fraction of sp³-hybridized carbons (Fsp3) is 0.480. The van der Waals surface area contributed by atoms with Crippen LogP contribution in [0.4, 0.5) is 0 Å². The molecule has 2 aliphatic rings. The molecule has 0 bridgehead atoms. The lowest BCUT2D eigenvalue weighted by Crippen LogP contribution is -2.45. The molecule has 2 heterocycles. The summed E-state index contributed by atoms with van der Waals surface area (Å²) in [6.07, 6.45) is 2.92. The van der Waals surface area contributed by atoms with E-state index in [2.05, 4.69) is 5.32 Å². The summed E-state index contributed by atoms with van der Waals surface area (Å²) in [6.45, 7) is 3.58. The second-order valence-corrected chi connectivity index (χ2v) is 13.2. The number of piperidine rings is 1. The van der Waals surface area contributed by atoms with Crippen molar-refractivity contribution < 1.29 is 26.4 Å². The Morgan fingerprint density at radius 1 is 0.944 bits per heavy atom. The fourth-order valence-electron chi connectivity index (χ4n) is 4.69. The van der Waals surface area contributed by atoms with Gasteiger partial charge in [0.15, 0.2) is 0 Å². The summed E-state index contributed by atoms with van der Waals surface area (Å²) in [7, 11) is -5.86. The van der Waals surface area contributed by atoms with Gasteiger partial charge in [0.25, 0.3) is 0 Å². The van der Waals surface area contributed by atoms with Gasteiger partial charge in [-0.15, -0.1) is 0 Å². The number of ether oxygens (including phenoxy) is 1. The molecule has 0 saturated carbocycles. The van der Waals surface area contributed by atoms with Crippen LogP contribution in [0.25, 0.3) is 0 Å². The maximum absolute atomic E-state index is 13.3. The molecule has 2 aliphatic heterocycles. The van der Waals surface area contributed by atoms with Crippen LogP contribution in [-0.2, 0) is 31.4 Å². The van der Waals surface area contributed by atoms with Crippen LogP contribution in [0.1, 0.15) is 36.8 Å². The minimum Gasteiger partial charge on any atom is -0.495 e. The highest BCUT2D eigenvalue weighted by atomic mass is 32.2. The summed E-state index contributed by atoms with van der Waals surface area (Å²) in [4.78, 5) is 13.3. The van der Waals surface area contributed by atoms with Gasteiger partial charge in [-0.05, 0) is 68.0 Å². The first-order chi connectivity index (χ1) is 17.1. The van der Waals surface area contributed by atoms with Gasteiger partial charge in [-0.2, -0.15) is 8.61 Å². The Labute approximate surface area is 213 Å². The minimum absolute atomic E-state index is 0.0955. The number of aryl methyl sites for hydroxylation is 1. The molecular formula is C25H33N3O6S2. The molecule has 36 heavy (non-hydrogen) atoms. The van der Waals surface area contributed by atoms with E-state index in [9.17, 15) is 21.6 Å². The molecule has 2 saturated heterocycles. The number of benzene rings is 2. The third-order valence-corrected chi connectivity index (χ3v) is 10.6. The van der Waals surface area contributed by atoms with Crippen molar-refractivity contribution in [3.05, 3.63) is 53.6 Å². The summed E-state index contributed by atoms with van der Waals surface area (Å²) >= 11 is 0. The van der Waals surface area contributed by atoms with E-state index in [1.54, 1.807) is 42.5 Å². The van der Waals surface area contributed by atoms with E-state index in [4.69, 9.17) is 4.74 Å². The average Bonchev–Trinajstić information content (AvgIpc) is 3.44. The first-order valence-corrected chi connectivity index (χ1v) is 15.0. The first kappa shape index (κ1) is 26.6. The predicted molar refractivity (Wildman–Crippen MR) is 135 cm³/mol. The van der Waals surface area contributed by atoms with Gasteiger partial charge in [0.05, 0.1) is 17.9 Å². The molecule has 11 heteroatoms. The van der Waals surface area contributed by atoms with Gasteiger partial charge < -0.3 is 10.1 Å². The van der Waals surface area contributed by atoms with Crippen LogP contribution in [0.15, 0.2) is 52.3 Å². The highest BCUT2D eigenvalue weighted by Gasteiger charge is 2.35. The molecule has 1 N–H and O–H groups in total. The van der Waals surface area contributed by atoms with Gasteiger partial charge in [0, 0.05) is 32.7 Å². The van der Waals surface area contributed by atoms with Crippen molar-refractivity contribution in [2.24, 2.45) is 5.92 Å². The second-order valence-electron chi connectivity index (χ2n) is 9.33. The Kier molecular flexibility index (Phi) is 8.03. The van der Waals surface area contributed by atoms with Crippen LogP contribution in [-0.4, -0.2) is 64.6 Å². The van der Waals surface area contributed by atoms with Crippen molar-refractivity contribution in [2.45, 2.75) is 48.9 Å². The Balaban J connectivity index is 1.38. The average molecular weight is 536 g/mol. The standard InChI is InChI=1S/C25H33N3O6S2/c1-19-7-12-23(34-2)24(16-19)36(32,33)28-15-5-6-21(18-28)25(29)26-17-20-8-10-22(11-9-20)35(30,31)27-13-3-4-14-27/h7-12,16,21H,3-6,13-15,17-18H2,1-2H3,(H,26,29)/t21-/m0/s1. The lowest BCUT2D eigenvalue weighted by molar-refractivity contribution is -0.126. The highest BCUT2D eigenvalue weighted by molar-refractivity contribution is 7.89. The molecule has 2 aromatic carbocycles. The van der Waals surface area contributed by atoms with Crippen LogP contribution in [0, 0.1) is 12.8 Å². The van der Waals surface area contributed by atoms with Crippen molar-refractivity contribution in [1.29, 1.82) is 0 Å². The van der Waals surface area contributed by atoms with E-state index in [0.717, 1.165) is 24.0 Å². The number of sulfonamides is 2. The summed E-state index contributed by atoms with van der Waals surface area (Å²) in [5.41, 5.74) is 1.58. The lowest BCUT2D eigenvalue weighted by Gasteiger charge is -2.31. The SMILES string of the molecule is COc1ccc(C)cc1S(=O)(=O)N1CCC[C@H](C(=O)NCc2ccc(S(=O)(=O)N3CCCC3)cc2)C1. The maximum atomic E-state index is 13.3. The van der Waals surface area contributed by atoms with Crippen LogP contribution in [0.5, 0.6) is 5.75 Å². The minimum atomic E-state index is -3.82. The van der Waals surface area contributed by atoms with Crippen molar-refractivity contribution in [1.82, 2.24) is 13.9 Å². The molecule has 196 valence electrons. The number of hydrogen-bond acceptors (Lipinski definition) is 6. The van der Waals surface area contributed by atoms with E-state index in [1.165, 1.54) is 15.7 Å². The molecule has 0 aromatic heterocycles. The monoisotopic (exact) mass is 535 g/mol. The third kappa shape index (κ3) is 5.59. The van der Waals surface area contributed by atoms with Crippen molar-refractivity contribution >= 4 is 26.0 Å². The Morgan fingerprint density at radius 3 is 2.28 bits per heavy atom. The number of nitrogens with one attached hydrogen (secondary N) is 1. The van der Waals surface area contributed by atoms with Crippen molar-refractivity contribution in [3.63, 3.8) is 0 Å². The van der Waals surface area contributed by atoms with E-state index in [0.29, 0.717) is 32.5 Å². The van der Waals surface area contributed by atoms with E-state index < -0.39 is 26.0 Å². The smallest absolute Gasteiger partial charge is 0.246 e. The van der Waals surface area contributed by atoms with Gasteiger partial charge in [0.2, 0.25) is 26.0 Å². The molecule has 1 atom stereocenters. The summed E-state index contributed by atoms with van der Waals surface area (Å²) in [5.74, 6) is -0.415. The number of carbonyl (C=O) groups is 1. The molecule has 0 aliphatic carbocycles. The second kappa shape index (κ2) is 10.9. The van der Waals surface area contributed by atoms with E-state index in [-0.39, 0.29) is 34.5 Å². The molecule has 9 nitrogen and oxygen atoms in total. The molecule has 0 unspecified atom stereocenters. The molecule has 0 radical (unpaired) electrons. The van der Waals surface area contributed by atoms with Crippen LogP contribution in [0.3, 0.4) is 0 Å². The van der Waals surface area contributed by atoms with Gasteiger partial charge in [-0.3, -0.25) is 4.79 Å². The third-order valence-electron chi connectivity index (χ3n) is 6.78. The topological polar surface area (TPSA) is 113 Å². The van der Waals surface area contributed by atoms with Crippen molar-refractivity contribution in [2.75, 3.05) is 33.3 Å². The zero-order valence-electron chi connectivity index (χ0n) is 20.6. The quantitative estimate of drug-likeness (QED) is 0.556. The van der Waals surface area contributed by atoms with Crippen LogP contribution < -0.4 is 10.1 Å². The molecule has 2 fully saturated rings. The number of methoxy groups -OCH3 is 1. The number of hydrogen-bond donors (Lipinski definition) is 1. The zero-order valence-corrected chi connectivity index (χ0v) is 22.3. The van der Waals surface area contributed by atoms with Crippen LogP contribution >= 0.6 is 0 Å². The van der Waals surface area contributed by atoms with Gasteiger partial charge in [-0.1, -0.05) is 18.2 Å². The van der Waals surface area contributed by atoms with Crippen molar-refractivity contribution in [3.8, 4) is 5.75 Å². The van der Waals surface area contributed by atoms with Gasteiger partial charge in [-0.25, -0.2) is 16.8 Å². The molecule has 4 rings (SSSR count). The number of carbonyl (C=O) groups excluding carboxylic acids is 1. The van der Waals surface area contributed by atoms with Gasteiger partial charge >= 0.3 is 0 Å². The Hall–Kier alpha value is -2.47. The molecule has 2 aromatic rings. The molecule has 0 spiro atoms. The van der Waals surface area contributed by atoms with E-state index >= 15 is 0 Å². The normalized spacial score (nSPS) is 19.8. The van der Waals surface area contributed by atoms with Gasteiger partial charge in [0.1, 0.15) is 10.6 Å². The largest absolute Gasteiger partial charge is 0.495 e. The summed E-state index contributed by atoms with van der Waals surface area (Å²) in [6, 6.07) is 11.6. The number of rotatable bonds is 8. The Bertz CT molecular complexity index is 1300. The number of nitrogens with zero attached hydrogens (tertiary/aromatic N) is 2. The Morgan fingerprint density at radius 2 is 1.61 bits per heavy atom. The zero-order chi connectivity index (χ0) is 25.9. The molecule has 1 amide bonds.